The van der Waals surface area contributed by atoms with Crippen LogP contribution >= 0.6 is 0 Å². The fraction of sp³-hybridized carbons (Fsp3) is 0.400. The molecule has 3 N–H and O–H groups in total. The zero-order valence-corrected chi connectivity index (χ0v) is 15.9. The third-order valence-electron chi connectivity index (χ3n) is 4.73. The maximum Gasteiger partial charge on any atom is 0.336 e. The van der Waals surface area contributed by atoms with Crippen LogP contribution in [0, 0.1) is 13.8 Å². The minimum atomic E-state index is -0.614. The normalized spacial score (nSPS) is 17.1. The molecule has 140 valence electrons. The monoisotopic (exact) mass is 358 g/mol. The van der Waals surface area contributed by atoms with Crippen molar-refractivity contribution in [2.75, 3.05) is 20.3 Å². The molecule has 0 saturated heterocycles. The minimum absolute atomic E-state index is 0.237. The van der Waals surface area contributed by atoms with Gasteiger partial charge in [0, 0.05) is 12.7 Å². The van der Waals surface area contributed by atoms with Crippen molar-refractivity contribution in [1.82, 2.24) is 10.6 Å². The number of benzene rings is 1. The summed E-state index contributed by atoms with van der Waals surface area (Å²) in [6, 6.07) is 5.79. The molecule has 1 aromatic rings. The highest BCUT2D eigenvalue weighted by atomic mass is 16.5. The van der Waals surface area contributed by atoms with E-state index in [0.717, 1.165) is 16.7 Å². The SMILES string of the molecule is CCOC(=O)C1=C(C)NC(CO)=C(C(=O)NC)C1c1cccc(C)c1C. The first-order valence-corrected chi connectivity index (χ1v) is 8.64. The number of esters is 1. The smallest absolute Gasteiger partial charge is 0.336 e. The van der Waals surface area contributed by atoms with Gasteiger partial charge < -0.3 is 20.5 Å². The molecule has 0 radical (unpaired) electrons. The largest absolute Gasteiger partial charge is 0.463 e. The lowest BCUT2D eigenvalue weighted by atomic mass is 9.77. The topological polar surface area (TPSA) is 87.7 Å². The molecule has 26 heavy (non-hydrogen) atoms. The van der Waals surface area contributed by atoms with Crippen LogP contribution < -0.4 is 10.6 Å². The Bertz CT molecular complexity index is 793. The Labute approximate surface area is 153 Å². The molecule has 2 rings (SSSR count). The molecule has 0 bridgehead atoms. The number of dihydropyridines is 1. The highest BCUT2D eigenvalue weighted by Crippen LogP contribution is 2.40. The van der Waals surface area contributed by atoms with Crippen LogP contribution in [-0.4, -0.2) is 37.2 Å². The van der Waals surface area contributed by atoms with Crippen molar-refractivity contribution >= 4 is 11.9 Å². The molecule has 0 aliphatic carbocycles. The summed E-state index contributed by atoms with van der Waals surface area (Å²) in [6.45, 7) is 7.34. The lowest BCUT2D eigenvalue weighted by Gasteiger charge is -2.32. The van der Waals surface area contributed by atoms with E-state index >= 15 is 0 Å². The Morgan fingerprint density at radius 3 is 2.50 bits per heavy atom. The van der Waals surface area contributed by atoms with Crippen molar-refractivity contribution in [3.8, 4) is 0 Å². The van der Waals surface area contributed by atoms with E-state index in [2.05, 4.69) is 10.6 Å². The summed E-state index contributed by atoms with van der Waals surface area (Å²) in [4.78, 5) is 25.4. The number of allylic oxidation sites excluding steroid dienone is 1. The van der Waals surface area contributed by atoms with Crippen LogP contribution in [0.3, 0.4) is 0 Å². The second-order valence-corrected chi connectivity index (χ2v) is 6.24. The van der Waals surface area contributed by atoms with E-state index in [1.54, 1.807) is 13.8 Å². The number of ether oxygens (including phenoxy) is 1. The Kier molecular flexibility index (Phi) is 6.21. The molecule has 1 atom stereocenters. The van der Waals surface area contributed by atoms with Crippen molar-refractivity contribution in [2.24, 2.45) is 0 Å². The lowest BCUT2D eigenvalue weighted by molar-refractivity contribution is -0.138. The first-order valence-electron chi connectivity index (χ1n) is 8.64. The summed E-state index contributed by atoms with van der Waals surface area (Å²) in [5.74, 6) is -1.43. The standard InChI is InChI=1S/C20H26N2O4/c1-6-26-20(25)16-13(4)22-15(10-23)18(19(24)21-5)17(16)14-9-7-8-11(2)12(14)3/h7-9,17,22-23H,6,10H2,1-5H3,(H,21,24). The van der Waals surface area contributed by atoms with Crippen LogP contribution in [0.4, 0.5) is 0 Å². The van der Waals surface area contributed by atoms with Gasteiger partial charge in [-0.25, -0.2) is 4.79 Å². The lowest BCUT2D eigenvalue weighted by Crippen LogP contribution is -2.37. The summed E-state index contributed by atoms with van der Waals surface area (Å²) < 4.78 is 5.25. The molecule has 0 spiro atoms. The van der Waals surface area contributed by atoms with Crippen molar-refractivity contribution < 1.29 is 19.4 Å². The van der Waals surface area contributed by atoms with Gasteiger partial charge in [-0.05, 0) is 44.4 Å². The molecule has 1 heterocycles. The van der Waals surface area contributed by atoms with Crippen LogP contribution in [0.25, 0.3) is 0 Å². The summed E-state index contributed by atoms with van der Waals surface area (Å²) in [5, 5.41) is 15.4. The number of aryl methyl sites for hydroxylation is 1. The molecule has 1 aliphatic rings. The zero-order chi connectivity index (χ0) is 19.4. The highest BCUT2D eigenvalue weighted by Gasteiger charge is 2.38. The van der Waals surface area contributed by atoms with Crippen LogP contribution in [0.2, 0.25) is 0 Å². The molecule has 1 aromatic carbocycles. The Balaban J connectivity index is 2.78. The molecular formula is C20H26N2O4. The second kappa shape index (κ2) is 8.19. The van der Waals surface area contributed by atoms with Crippen molar-refractivity contribution in [3.63, 3.8) is 0 Å². The van der Waals surface area contributed by atoms with Gasteiger partial charge in [0.1, 0.15) is 0 Å². The first-order chi connectivity index (χ1) is 12.4. The van der Waals surface area contributed by atoms with Crippen molar-refractivity contribution in [2.45, 2.75) is 33.6 Å². The van der Waals surface area contributed by atoms with Gasteiger partial charge in [0.25, 0.3) is 0 Å². The summed E-state index contributed by atoms with van der Waals surface area (Å²) in [6.07, 6.45) is 0. The number of carbonyl (C=O) groups excluding carboxylic acids is 2. The van der Waals surface area contributed by atoms with E-state index in [-0.39, 0.29) is 19.1 Å². The molecule has 1 aliphatic heterocycles. The van der Waals surface area contributed by atoms with E-state index in [0.29, 0.717) is 22.5 Å². The summed E-state index contributed by atoms with van der Waals surface area (Å²) in [7, 11) is 1.53. The maximum atomic E-state index is 12.7. The summed E-state index contributed by atoms with van der Waals surface area (Å²) >= 11 is 0. The van der Waals surface area contributed by atoms with Crippen molar-refractivity contribution in [1.29, 1.82) is 0 Å². The fourth-order valence-electron chi connectivity index (χ4n) is 3.30. The maximum absolute atomic E-state index is 12.7. The zero-order valence-electron chi connectivity index (χ0n) is 15.9. The van der Waals surface area contributed by atoms with Crippen LogP contribution in [0.5, 0.6) is 0 Å². The number of rotatable bonds is 5. The molecule has 0 fully saturated rings. The predicted molar refractivity (Wildman–Crippen MR) is 99.3 cm³/mol. The molecule has 1 unspecified atom stereocenters. The van der Waals surface area contributed by atoms with Crippen LogP contribution in [0.1, 0.15) is 36.5 Å². The van der Waals surface area contributed by atoms with Gasteiger partial charge in [-0.2, -0.15) is 0 Å². The molecular weight excluding hydrogens is 332 g/mol. The predicted octanol–water partition coefficient (Wildman–Crippen LogP) is 1.82. The number of likely N-dealkylation sites (N-methyl/N-ethyl adjacent to an activating group) is 1. The number of hydrogen-bond acceptors (Lipinski definition) is 5. The minimum Gasteiger partial charge on any atom is -0.463 e. The first kappa shape index (κ1) is 19.7. The quantitative estimate of drug-likeness (QED) is 0.699. The van der Waals surface area contributed by atoms with Gasteiger partial charge in [0.15, 0.2) is 0 Å². The van der Waals surface area contributed by atoms with E-state index in [4.69, 9.17) is 4.74 Å². The molecule has 6 nitrogen and oxygen atoms in total. The number of aliphatic hydroxyl groups excluding tert-OH is 1. The third kappa shape index (κ3) is 3.51. The number of hydrogen-bond donors (Lipinski definition) is 3. The average molecular weight is 358 g/mol. The average Bonchev–Trinajstić information content (AvgIpc) is 2.62. The van der Waals surface area contributed by atoms with Gasteiger partial charge in [0.05, 0.1) is 36.0 Å². The molecule has 0 aromatic heterocycles. The van der Waals surface area contributed by atoms with E-state index in [1.807, 2.05) is 32.0 Å². The van der Waals surface area contributed by atoms with Crippen LogP contribution in [-0.2, 0) is 14.3 Å². The Morgan fingerprint density at radius 2 is 1.92 bits per heavy atom. The number of aliphatic hydroxyl groups is 1. The number of carbonyl (C=O) groups is 2. The Hall–Kier alpha value is -2.60. The summed E-state index contributed by atoms with van der Waals surface area (Å²) in [5.41, 5.74) is 4.58. The Morgan fingerprint density at radius 1 is 1.23 bits per heavy atom. The van der Waals surface area contributed by atoms with E-state index in [9.17, 15) is 14.7 Å². The van der Waals surface area contributed by atoms with Gasteiger partial charge in [-0.15, -0.1) is 0 Å². The van der Waals surface area contributed by atoms with E-state index in [1.165, 1.54) is 7.05 Å². The van der Waals surface area contributed by atoms with Gasteiger partial charge in [0.2, 0.25) is 5.91 Å². The number of nitrogens with one attached hydrogen (secondary N) is 2. The van der Waals surface area contributed by atoms with Gasteiger partial charge >= 0.3 is 5.97 Å². The van der Waals surface area contributed by atoms with Crippen molar-refractivity contribution in [3.05, 3.63) is 57.4 Å². The van der Waals surface area contributed by atoms with Gasteiger partial charge in [-0.1, -0.05) is 18.2 Å². The van der Waals surface area contributed by atoms with Gasteiger partial charge in [-0.3, -0.25) is 4.79 Å². The van der Waals surface area contributed by atoms with E-state index < -0.39 is 11.9 Å². The van der Waals surface area contributed by atoms with Crippen LogP contribution in [0.15, 0.2) is 40.7 Å². The molecule has 6 heteroatoms. The molecule has 1 amide bonds. The fourth-order valence-corrected chi connectivity index (χ4v) is 3.30. The number of amides is 1. The molecule has 0 saturated carbocycles. The third-order valence-corrected chi connectivity index (χ3v) is 4.73. The second-order valence-electron chi connectivity index (χ2n) is 6.24. The highest BCUT2D eigenvalue weighted by molar-refractivity contribution is 6.02.